The Morgan fingerprint density at radius 3 is 2.76 bits per heavy atom. The number of piperidine rings is 1. The normalized spacial score (nSPS) is 21.4. The molecule has 2 rings (SSSR count). The maximum Gasteiger partial charge on any atom is 0.0250 e. The first-order valence-corrected chi connectivity index (χ1v) is 8.65. The number of benzene rings is 1. The maximum absolute atomic E-state index is 3.70. The van der Waals surface area contributed by atoms with Gasteiger partial charge in [-0.25, -0.2) is 0 Å². The molecule has 21 heavy (non-hydrogen) atoms. The second kappa shape index (κ2) is 7.95. The molecule has 1 aliphatic heterocycles. The number of hydrogen-bond donors (Lipinski definition) is 1. The van der Waals surface area contributed by atoms with Gasteiger partial charge in [0.25, 0.3) is 0 Å². The SMILES string of the molecule is CCCNC(C)C1CCCCN1Cc1ccc(C)c(C)c1. The van der Waals surface area contributed by atoms with Crippen molar-refractivity contribution in [2.75, 3.05) is 13.1 Å². The zero-order valence-corrected chi connectivity index (χ0v) is 14.3. The largest absolute Gasteiger partial charge is 0.313 e. The minimum atomic E-state index is 0.594. The van der Waals surface area contributed by atoms with Crippen LogP contribution in [0.15, 0.2) is 18.2 Å². The van der Waals surface area contributed by atoms with E-state index >= 15 is 0 Å². The molecule has 0 radical (unpaired) electrons. The van der Waals surface area contributed by atoms with E-state index in [0.29, 0.717) is 12.1 Å². The summed E-state index contributed by atoms with van der Waals surface area (Å²) >= 11 is 0. The van der Waals surface area contributed by atoms with Crippen LogP contribution in [0.4, 0.5) is 0 Å². The lowest BCUT2D eigenvalue weighted by molar-refractivity contribution is 0.112. The van der Waals surface area contributed by atoms with Crippen molar-refractivity contribution in [3.8, 4) is 0 Å². The third-order valence-electron chi connectivity index (χ3n) is 4.91. The number of likely N-dealkylation sites (tertiary alicyclic amines) is 1. The Labute approximate surface area is 130 Å². The molecule has 2 atom stereocenters. The Morgan fingerprint density at radius 2 is 2.05 bits per heavy atom. The van der Waals surface area contributed by atoms with Gasteiger partial charge in [0, 0.05) is 18.6 Å². The molecular formula is C19H32N2. The predicted octanol–water partition coefficient (Wildman–Crippen LogP) is 4.05. The molecule has 1 fully saturated rings. The highest BCUT2D eigenvalue weighted by Gasteiger charge is 2.26. The van der Waals surface area contributed by atoms with Crippen molar-refractivity contribution < 1.29 is 0 Å². The molecule has 1 heterocycles. The molecule has 1 aromatic carbocycles. The Kier molecular flexibility index (Phi) is 6.25. The van der Waals surface area contributed by atoms with Gasteiger partial charge < -0.3 is 5.32 Å². The van der Waals surface area contributed by atoms with E-state index in [1.165, 1.54) is 48.9 Å². The fraction of sp³-hybridized carbons (Fsp3) is 0.684. The van der Waals surface area contributed by atoms with Gasteiger partial charge in [-0.05, 0) is 69.8 Å². The minimum absolute atomic E-state index is 0.594. The van der Waals surface area contributed by atoms with E-state index in [1.807, 2.05) is 0 Å². The Hall–Kier alpha value is -0.860. The van der Waals surface area contributed by atoms with Crippen LogP contribution in [0.1, 0.15) is 56.2 Å². The Bertz CT molecular complexity index is 441. The summed E-state index contributed by atoms with van der Waals surface area (Å²) in [6.45, 7) is 12.5. The van der Waals surface area contributed by atoms with Crippen molar-refractivity contribution in [1.82, 2.24) is 10.2 Å². The summed E-state index contributed by atoms with van der Waals surface area (Å²) in [5, 5.41) is 3.70. The lowest BCUT2D eigenvalue weighted by Crippen LogP contribution is -2.50. The van der Waals surface area contributed by atoms with Crippen molar-refractivity contribution in [2.45, 2.75) is 72.0 Å². The van der Waals surface area contributed by atoms with Crippen molar-refractivity contribution in [1.29, 1.82) is 0 Å². The minimum Gasteiger partial charge on any atom is -0.313 e. The van der Waals surface area contributed by atoms with Gasteiger partial charge in [-0.2, -0.15) is 0 Å². The molecule has 0 spiro atoms. The van der Waals surface area contributed by atoms with Crippen molar-refractivity contribution in [3.63, 3.8) is 0 Å². The number of rotatable bonds is 6. The van der Waals surface area contributed by atoms with Gasteiger partial charge >= 0.3 is 0 Å². The fourth-order valence-corrected chi connectivity index (χ4v) is 3.42. The molecule has 1 saturated heterocycles. The van der Waals surface area contributed by atoms with Gasteiger partial charge in [-0.15, -0.1) is 0 Å². The highest BCUT2D eigenvalue weighted by Crippen LogP contribution is 2.23. The van der Waals surface area contributed by atoms with Crippen LogP contribution in [0.2, 0.25) is 0 Å². The standard InChI is InChI=1S/C19H32N2/c1-5-11-20-17(4)19-8-6-7-12-21(19)14-18-10-9-15(2)16(3)13-18/h9-10,13,17,19-20H,5-8,11-12,14H2,1-4H3. The lowest BCUT2D eigenvalue weighted by Gasteiger charge is -2.39. The third kappa shape index (κ3) is 4.55. The van der Waals surface area contributed by atoms with Crippen LogP contribution in [-0.4, -0.2) is 30.1 Å². The third-order valence-corrected chi connectivity index (χ3v) is 4.91. The molecule has 2 heteroatoms. The first-order valence-electron chi connectivity index (χ1n) is 8.65. The summed E-state index contributed by atoms with van der Waals surface area (Å²) in [6.07, 6.45) is 5.28. The zero-order chi connectivity index (χ0) is 15.2. The Balaban J connectivity index is 2.02. The van der Waals surface area contributed by atoms with Gasteiger partial charge in [0.1, 0.15) is 0 Å². The number of hydrogen-bond acceptors (Lipinski definition) is 2. The van der Waals surface area contributed by atoms with E-state index in [1.54, 1.807) is 0 Å². The van der Waals surface area contributed by atoms with Gasteiger partial charge in [-0.3, -0.25) is 4.90 Å². The van der Waals surface area contributed by atoms with E-state index in [0.717, 1.165) is 13.1 Å². The average molecular weight is 288 g/mol. The molecule has 2 nitrogen and oxygen atoms in total. The van der Waals surface area contributed by atoms with Crippen molar-refractivity contribution in [3.05, 3.63) is 34.9 Å². The first-order chi connectivity index (χ1) is 10.1. The van der Waals surface area contributed by atoms with Crippen LogP contribution in [0, 0.1) is 13.8 Å². The molecule has 1 N–H and O–H groups in total. The summed E-state index contributed by atoms with van der Waals surface area (Å²) in [6, 6.07) is 8.22. The maximum atomic E-state index is 3.70. The monoisotopic (exact) mass is 288 g/mol. The summed E-state index contributed by atoms with van der Waals surface area (Å²) in [5.41, 5.74) is 4.28. The molecule has 0 aromatic heterocycles. The molecule has 0 bridgehead atoms. The number of nitrogens with one attached hydrogen (secondary N) is 1. The molecule has 0 amide bonds. The molecule has 2 unspecified atom stereocenters. The molecular weight excluding hydrogens is 256 g/mol. The van der Waals surface area contributed by atoms with Crippen molar-refractivity contribution in [2.24, 2.45) is 0 Å². The number of nitrogens with zero attached hydrogens (tertiary/aromatic N) is 1. The van der Waals surface area contributed by atoms with Crippen molar-refractivity contribution >= 4 is 0 Å². The van der Waals surface area contributed by atoms with E-state index < -0.39 is 0 Å². The van der Waals surface area contributed by atoms with Gasteiger partial charge in [0.05, 0.1) is 0 Å². The second-order valence-electron chi connectivity index (χ2n) is 6.70. The summed E-state index contributed by atoms with van der Waals surface area (Å²) in [7, 11) is 0. The van der Waals surface area contributed by atoms with Crippen LogP contribution in [0.3, 0.4) is 0 Å². The van der Waals surface area contributed by atoms with Gasteiger partial charge in [0.2, 0.25) is 0 Å². The second-order valence-corrected chi connectivity index (χ2v) is 6.70. The van der Waals surface area contributed by atoms with Crippen LogP contribution < -0.4 is 5.32 Å². The van der Waals surface area contributed by atoms with Gasteiger partial charge in [-0.1, -0.05) is 31.5 Å². The van der Waals surface area contributed by atoms with Crippen LogP contribution in [0.5, 0.6) is 0 Å². The molecule has 0 saturated carbocycles. The summed E-state index contributed by atoms with van der Waals surface area (Å²) in [4.78, 5) is 2.70. The highest BCUT2D eigenvalue weighted by atomic mass is 15.2. The molecule has 0 aliphatic carbocycles. The van der Waals surface area contributed by atoms with E-state index in [9.17, 15) is 0 Å². The molecule has 1 aromatic rings. The van der Waals surface area contributed by atoms with Gasteiger partial charge in [0.15, 0.2) is 0 Å². The topological polar surface area (TPSA) is 15.3 Å². The number of aryl methyl sites for hydroxylation is 2. The highest BCUT2D eigenvalue weighted by molar-refractivity contribution is 5.29. The van der Waals surface area contributed by atoms with E-state index in [-0.39, 0.29) is 0 Å². The Morgan fingerprint density at radius 1 is 1.24 bits per heavy atom. The van der Waals surface area contributed by atoms with Crippen LogP contribution in [-0.2, 0) is 6.54 Å². The predicted molar refractivity (Wildman–Crippen MR) is 91.7 cm³/mol. The quantitative estimate of drug-likeness (QED) is 0.849. The zero-order valence-electron chi connectivity index (χ0n) is 14.3. The van der Waals surface area contributed by atoms with E-state index in [2.05, 4.69) is 56.1 Å². The average Bonchev–Trinajstić information content (AvgIpc) is 2.49. The van der Waals surface area contributed by atoms with Crippen LogP contribution >= 0.6 is 0 Å². The van der Waals surface area contributed by atoms with Crippen LogP contribution in [0.25, 0.3) is 0 Å². The summed E-state index contributed by atoms with van der Waals surface area (Å²) < 4.78 is 0. The molecule has 118 valence electrons. The molecule has 1 aliphatic rings. The van der Waals surface area contributed by atoms with E-state index in [4.69, 9.17) is 0 Å². The summed E-state index contributed by atoms with van der Waals surface area (Å²) in [5.74, 6) is 0. The smallest absolute Gasteiger partial charge is 0.0250 e. The first kappa shape index (κ1) is 16.5. The lowest BCUT2D eigenvalue weighted by atomic mass is 9.95. The fourth-order valence-electron chi connectivity index (χ4n) is 3.42.